The number of rotatable bonds is 5. The lowest BCUT2D eigenvalue weighted by molar-refractivity contribution is 0.227. The van der Waals surface area contributed by atoms with Gasteiger partial charge in [-0.1, -0.05) is 0 Å². The Morgan fingerprint density at radius 2 is 2.06 bits per heavy atom. The van der Waals surface area contributed by atoms with Crippen molar-refractivity contribution in [1.29, 1.82) is 0 Å². The Morgan fingerprint density at radius 1 is 1.39 bits per heavy atom. The molecule has 100 valence electrons. The number of hydrogen-bond donors (Lipinski definition) is 1. The summed E-state index contributed by atoms with van der Waals surface area (Å²) in [4.78, 5) is 3.86. The van der Waals surface area contributed by atoms with Gasteiger partial charge in [0.1, 0.15) is 5.75 Å². The van der Waals surface area contributed by atoms with Crippen molar-refractivity contribution in [2.24, 2.45) is 5.14 Å². The number of nitrogens with zero attached hydrogens (tertiary/aromatic N) is 1. The van der Waals surface area contributed by atoms with E-state index in [2.05, 4.69) is 4.98 Å². The normalized spacial score (nSPS) is 15.8. The second-order valence-corrected chi connectivity index (χ2v) is 6.02. The first-order valence-corrected chi connectivity index (χ1v) is 7.27. The molecule has 0 aromatic carbocycles. The summed E-state index contributed by atoms with van der Waals surface area (Å²) in [5.41, 5.74) is 0. The Bertz CT molecular complexity index is 516. The molecule has 0 bridgehead atoms. The van der Waals surface area contributed by atoms with E-state index in [0.29, 0.717) is 5.75 Å². The molecule has 7 heteroatoms. The van der Waals surface area contributed by atoms with Crippen LogP contribution in [0.3, 0.4) is 0 Å². The van der Waals surface area contributed by atoms with Crippen LogP contribution >= 0.6 is 0 Å². The van der Waals surface area contributed by atoms with Gasteiger partial charge in [-0.3, -0.25) is 0 Å². The quantitative estimate of drug-likeness (QED) is 0.865. The summed E-state index contributed by atoms with van der Waals surface area (Å²) < 4.78 is 33.6. The highest BCUT2D eigenvalue weighted by Crippen LogP contribution is 2.29. The van der Waals surface area contributed by atoms with Gasteiger partial charge in [0.2, 0.25) is 5.88 Å². The summed E-state index contributed by atoms with van der Waals surface area (Å²) in [5, 5.41) is 4.83. The zero-order valence-electron chi connectivity index (χ0n) is 10.3. The van der Waals surface area contributed by atoms with Gasteiger partial charge in [0, 0.05) is 12.1 Å². The van der Waals surface area contributed by atoms with Gasteiger partial charge in [-0.25, -0.2) is 18.5 Å². The summed E-state index contributed by atoms with van der Waals surface area (Å²) >= 11 is 0. The Labute approximate surface area is 106 Å². The number of nitrogens with two attached hydrogens (primary N) is 1. The topological polar surface area (TPSA) is 91.5 Å². The minimum atomic E-state index is -3.87. The van der Waals surface area contributed by atoms with Gasteiger partial charge in [-0.15, -0.1) is 0 Å². The molecular weight excluding hydrogens is 256 g/mol. The van der Waals surface area contributed by atoms with E-state index in [4.69, 9.17) is 14.6 Å². The highest BCUT2D eigenvalue weighted by Gasteiger charge is 2.25. The highest BCUT2D eigenvalue weighted by atomic mass is 32.2. The fourth-order valence-electron chi connectivity index (χ4n) is 1.35. The fourth-order valence-corrected chi connectivity index (χ4v) is 1.85. The van der Waals surface area contributed by atoms with Crippen molar-refractivity contribution in [2.45, 2.75) is 43.9 Å². The van der Waals surface area contributed by atoms with Crippen molar-refractivity contribution in [3.8, 4) is 11.6 Å². The average Bonchev–Trinajstić information content (AvgIpc) is 2.98. The van der Waals surface area contributed by atoms with Crippen LogP contribution in [0, 0.1) is 0 Å². The largest absolute Gasteiger partial charge is 0.490 e. The number of pyridine rings is 1. The highest BCUT2D eigenvalue weighted by molar-refractivity contribution is 7.89. The summed E-state index contributed by atoms with van der Waals surface area (Å²) in [6.07, 6.45) is 2.01. The maximum Gasteiger partial charge on any atom is 0.255 e. The Balaban J connectivity index is 2.33. The van der Waals surface area contributed by atoms with Gasteiger partial charge in [0.05, 0.1) is 12.2 Å². The summed E-state index contributed by atoms with van der Waals surface area (Å²) in [6, 6.07) is 2.90. The molecule has 0 radical (unpaired) electrons. The van der Waals surface area contributed by atoms with Crippen LogP contribution in [0.15, 0.2) is 17.2 Å². The van der Waals surface area contributed by atoms with Crippen LogP contribution in [-0.4, -0.2) is 25.6 Å². The molecule has 1 fully saturated rings. The molecule has 1 aliphatic carbocycles. The standard InChI is InChI=1S/C11H16N2O4S/c1-7(2)16-10-5-9(17-8-3-4-8)6-11(13-10)18(12,14)15/h5-8H,3-4H2,1-2H3,(H2,12,14,15). The molecule has 1 aromatic heterocycles. The zero-order valence-corrected chi connectivity index (χ0v) is 11.1. The lowest BCUT2D eigenvalue weighted by atomic mass is 10.4. The molecule has 1 saturated carbocycles. The molecule has 0 saturated heterocycles. The van der Waals surface area contributed by atoms with Crippen molar-refractivity contribution in [2.75, 3.05) is 0 Å². The molecule has 0 unspecified atom stereocenters. The second kappa shape index (κ2) is 4.74. The SMILES string of the molecule is CC(C)Oc1cc(OC2CC2)cc(S(N)(=O)=O)n1. The Morgan fingerprint density at radius 3 is 2.56 bits per heavy atom. The fraction of sp³-hybridized carbons (Fsp3) is 0.545. The van der Waals surface area contributed by atoms with Crippen LogP contribution in [0.25, 0.3) is 0 Å². The molecule has 2 rings (SSSR count). The van der Waals surface area contributed by atoms with Gasteiger partial charge in [-0.2, -0.15) is 0 Å². The molecular formula is C11H16N2O4S. The van der Waals surface area contributed by atoms with Crippen molar-refractivity contribution in [1.82, 2.24) is 4.98 Å². The second-order valence-electron chi connectivity index (χ2n) is 4.51. The third kappa shape index (κ3) is 3.58. The molecule has 2 N–H and O–H groups in total. The van der Waals surface area contributed by atoms with E-state index in [1.165, 1.54) is 6.07 Å². The van der Waals surface area contributed by atoms with Gasteiger partial charge in [0.25, 0.3) is 10.0 Å². The third-order valence-electron chi connectivity index (χ3n) is 2.23. The van der Waals surface area contributed by atoms with Crippen LogP contribution in [-0.2, 0) is 10.0 Å². The molecule has 18 heavy (non-hydrogen) atoms. The molecule has 1 aliphatic rings. The van der Waals surface area contributed by atoms with E-state index in [1.807, 2.05) is 13.8 Å². The van der Waals surface area contributed by atoms with Gasteiger partial charge < -0.3 is 9.47 Å². The lowest BCUT2D eigenvalue weighted by Crippen LogP contribution is -2.16. The van der Waals surface area contributed by atoms with Crippen molar-refractivity contribution < 1.29 is 17.9 Å². The third-order valence-corrected chi connectivity index (χ3v) is 3.02. The van der Waals surface area contributed by atoms with Gasteiger partial charge >= 0.3 is 0 Å². The molecule has 0 aliphatic heterocycles. The van der Waals surface area contributed by atoms with Crippen molar-refractivity contribution in [3.05, 3.63) is 12.1 Å². The maximum atomic E-state index is 11.3. The maximum absolute atomic E-state index is 11.3. The van der Waals surface area contributed by atoms with Crippen LogP contribution in [0.1, 0.15) is 26.7 Å². The summed E-state index contributed by atoms with van der Waals surface area (Å²) in [7, 11) is -3.87. The number of primary sulfonamides is 1. The van der Waals surface area contributed by atoms with Crippen LogP contribution in [0.5, 0.6) is 11.6 Å². The van der Waals surface area contributed by atoms with E-state index in [0.717, 1.165) is 12.8 Å². The van der Waals surface area contributed by atoms with Crippen LogP contribution in [0.2, 0.25) is 0 Å². The van der Waals surface area contributed by atoms with E-state index < -0.39 is 10.0 Å². The summed E-state index contributed by atoms with van der Waals surface area (Å²) in [6.45, 7) is 3.65. The van der Waals surface area contributed by atoms with Crippen molar-refractivity contribution >= 4 is 10.0 Å². The predicted octanol–water partition coefficient (Wildman–Crippen LogP) is 1.06. The molecule has 6 nitrogen and oxygen atoms in total. The number of aromatic nitrogens is 1. The zero-order chi connectivity index (χ0) is 13.3. The first kappa shape index (κ1) is 13.1. The van der Waals surface area contributed by atoms with Gasteiger partial charge in [0.15, 0.2) is 5.03 Å². The minimum Gasteiger partial charge on any atom is -0.490 e. The van der Waals surface area contributed by atoms with E-state index in [1.54, 1.807) is 6.07 Å². The first-order valence-electron chi connectivity index (χ1n) is 5.73. The molecule has 0 amide bonds. The minimum absolute atomic E-state index is 0.109. The first-order chi connectivity index (χ1) is 8.34. The molecule has 1 aromatic rings. The van der Waals surface area contributed by atoms with Crippen molar-refractivity contribution in [3.63, 3.8) is 0 Å². The average molecular weight is 272 g/mol. The number of hydrogen-bond acceptors (Lipinski definition) is 5. The van der Waals surface area contributed by atoms with Crippen LogP contribution in [0.4, 0.5) is 0 Å². The van der Waals surface area contributed by atoms with E-state index >= 15 is 0 Å². The van der Waals surface area contributed by atoms with Gasteiger partial charge in [-0.05, 0) is 26.7 Å². The lowest BCUT2D eigenvalue weighted by Gasteiger charge is -2.12. The molecule has 1 heterocycles. The predicted molar refractivity (Wildman–Crippen MR) is 65.0 cm³/mol. The smallest absolute Gasteiger partial charge is 0.255 e. The van der Waals surface area contributed by atoms with Crippen LogP contribution < -0.4 is 14.6 Å². The Hall–Kier alpha value is -1.34. The Kier molecular flexibility index (Phi) is 3.45. The van der Waals surface area contributed by atoms with E-state index in [9.17, 15) is 8.42 Å². The number of ether oxygens (including phenoxy) is 2. The van der Waals surface area contributed by atoms with E-state index in [-0.39, 0.29) is 23.1 Å². The monoisotopic (exact) mass is 272 g/mol. The number of sulfonamides is 1. The molecule has 0 atom stereocenters. The molecule has 0 spiro atoms. The summed E-state index contributed by atoms with van der Waals surface area (Å²) in [5.74, 6) is 0.624.